The van der Waals surface area contributed by atoms with Crippen LogP contribution in [0, 0.1) is 5.41 Å². The molecule has 1 spiro atoms. The molecule has 0 saturated carbocycles. The number of alkyl halides is 3. The molecule has 2 amide bonds. The Balaban J connectivity index is 1.39. The van der Waals surface area contributed by atoms with Crippen LogP contribution in [-0.2, 0) is 22.2 Å². The van der Waals surface area contributed by atoms with Crippen LogP contribution in [0.25, 0.3) is 0 Å². The lowest BCUT2D eigenvalue weighted by Gasteiger charge is -2.43. The maximum absolute atomic E-state index is 13.8. The average molecular weight is 532 g/mol. The highest BCUT2D eigenvalue weighted by Crippen LogP contribution is 2.39. The first kappa shape index (κ1) is 28.0. The van der Waals surface area contributed by atoms with Gasteiger partial charge >= 0.3 is 6.18 Å². The summed E-state index contributed by atoms with van der Waals surface area (Å²) in [5, 5.41) is 2.43. The second kappa shape index (κ2) is 12.2. The molecular formula is C29H36F3N3O3. The van der Waals surface area contributed by atoms with Gasteiger partial charge in [0.1, 0.15) is 12.4 Å². The molecule has 2 aromatic rings. The third-order valence-corrected chi connectivity index (χ3v) is 7.75. The van der Waals surface area contributed by atoms with E-state index in [0.29, 0.717) is 45.6 Å². The lowest BCUT2D eigenvalue weighted by Crippen LogP contribution is -2.52. The van der Waals surface area contributed by atoms with E-state index in [0.717, 1.165) is 37.5 Å². The highest BCUT2D eigenvalue weighted by atomic mass is 19.4. The number of nitrogens with zero attached hydrogens (tertiary/aromatic N) is 2. The van der Waals surface area contributed by atoms with E-state index in [1.54, 1.807) is 0 Å². The number of piperidine rings is 1. The van der Waals surface area contributed by atoms with Crippen molar-refractivity contribution < 1.29 is 27.5 Å². The third-order valence-electron chi connectivity index (χ3n) is 7.75. The SMILES string of the molecule is CCN1CCOc2ccccc2CCCCC2(CCN(CC(=O)Nc3ccccc3C(F)(F)F)CC2)C1=O. The van der Waals surface area contributed by atoms with Gasteiger partial charge in [0.15, 0.2) is 0 Å². The van der Waals surface area contributed by atoms with Crippen molar-refractivity contribution in [3.63, 3.8) is 0 Å². The van der Waals surface area contributed by atoms with E-state index in [2.05, 4.69) is 11.4 Å². The van der Waals surface area contributed by atoms with Crippen LogP contribution in [0.15, 0.2) is 48.5 Å². The van der Waals surface area contributed by atoms with Crippen LogP contribution in [0.3, 0.4) is 0 Å². The van der Waals surface area contributed by atoms with Crippen molar-refractivity contribution >= 4 is 17.5 Å². The zero-order valence-corrected chi connectivity index (χ0v) is 21.9. The summed E-state index contributed by atoms with van der Waals surface area (Å²) in [4.78, 5) is 30.2. The quantitative estimate of drug-likeness (QED) is 0.576. The Bertz CT molecular complexity index is 1110. The summed E-state index contributed by atoms with van der Waals surface area (Å²) in [6.45, 7) is 4.57. The van der Waals surface area contributed by atoms with Crippen LogP contribution in [0.2, 0.25) is 0 Å². The van der Waals surface area contributed by atoms with Gasteiger partial charge in [0.2, 0.25) is 11.8 Å². The summed E-state index contributed by atoms with van der Waals surface area (Å²) < 4.78 is 45.9. The minimum Gasteiger partial charge on any atom is -0.491 e. The number of hydrogen-bond donors (Lipinski definition) is 1. The van der Waals surface area contributed by atoms with Crippen LogP contribution in [0.1, 0.15) is 50.2 Å². The van der Waals surface area contributed by atoms with Gasteiger partial charge in [-0.1, -0.05) is 36.8 Å². The Hall–Kier alpha value is -3.07. The Morgan fingerprint density at radius 3 is 2.45 bits per heavy atom. The molecule has 9 heteroatoms. The van der Waals surface area contributed by atoms with Crippen molar-refractivity contribution in [2.45, 2.75) is 51.6 Å². The molecule has 4 rings (SSSR count). The summed E-state index contributed by atoms with van der Waals surface area (Å²) in [6, 6.07) is 13.0. The number of likely N-dealkylation sites (N-methyl/N-ethyl adjacent to an activating group) is 1. The monoisotopic (exact) mass is 531 g/mol. The highest BCUT2D eigenvalue weighted by Gasteiger charge is 2.43. The molecule has 2 aliphatic rings. The molecule has 6 nitrogen and oxygen atoms in total. The topological polar surface area (TPSA) is 61.9 Å². The van der Waals surface area contributed by atoms with Crippen LogP contribution in [0.4, 0.5) is 18.9 Å². The number of halogens is 3. The van der Waals surface area contributed by atoms with E-state index in [9.17, 15) is 22.8 Å². The van der Waals surface area contributed by atoms with Crippen molar-refractivity contribution in [2.24, 2.45) is 5.41 Å². The molecule has 0 atom stereocenters. The minimum absolute atomic E-state index is 0.0153. The van der Waals surface area contributed by atoms with Gasteiger partial charge in [-0.25, -0.2) is 0 Å². The number of fused-ring (bicyclic) bond motifs is 1. The largest absolute Gasteiger partial charge is 0.491 e. The molecule has 1 saturated heterocycles. The number of aryl methyl sites for hydroxylation is 1. The number of anilines is 1. The smallest absolute Gasteiger partial charge is 0.418 e. The van der Waals surface area contributed by atoms with Gasteiger partial charge in [0.05, 0.1) is 29.8 Å². The molecule has 1 fully saturated rings. The van der Waals surface area contributed by atoms with Crippen molar-refractivity contribution in [3.8, 4) is 5.75 Å². The van der Waals surface area contributed by atoms with Gasteiger partial charge in [-0.05, 0) is 75.9 Å². The molecule has 0 aliphatic carbocycles. The lowest BCUT2D eigenvalue weighted by molar-refractivity contribution is -0.146. The molecule has 206 valence electrons. The molecule has 0 unspecified atom stereocenters. The molecule has 2 aromatic carbocycles. The van der Waals surface area contributed by atoms with Crippen LogP contribution < -0.4 is 10.1 Å². The molecule has 38 heavy (non-hydrogen) atoms. The van der Waals surface area contributed by atoms with Gasteiger partial charge in [0.25, 0.3) is 0 Å². The summed E-state index contributed by atoms with van der Waals surface area (Å²) >= 11 is 0. The molecular weight excluding hydrogens is 495 g/mol. The maximum Gasteiger partial charge on any atom is 0.418 e. The first-order valence-corrected chi connectivity index (χ1v) is 13.4. The Morgan fingerprint density at radius 2 is 1.71 bits per heavy atom. The van der Waals surface area contributed by atoms with Crippen molar-refractivity contribution in [2.75, 3.05) is 44.6 Å². The van der Waals surface area contributed by atoms with Crippen LogP contribution in [0.5, 0.6) is 5.75 Å². The lowest BCUT2D eigenvalue weighted by atomic mass is 9.73. The fourth-order valence-corrected chi connectivity index (χ4v) is 5.58. The average Bonchev–Trinajstić information content (AvgIpc) is 2.89. The molecule has 0 radical (unpaired) electrons. The van der Waals surface area contributed by atoms with Crippen LogP contribution >= 0.6 is 0 Å². The molecule has 0 aromatic heterocycles. The fourth-order valence-electron chi connectivity index (χ4n) is 5.58. The zero-order chi connectivity index (χ0) is 27.2. The number of ether oxygens (including phenoxy) is 1. The van der Waals surface area contributed by atoms with E-state index in [-0.39, 0.29) is 18.1 Å². The van der Waals surface area contributed by atoms with E-state index in [1.165, 1.54) is 23.8 Å². The van der Waals surface area contributed by atoms with Crippen molar-refractivity contribution in [1.29, 1.82) is 0 Å². The molecule has 0 bridgehead atoms. The van der Waals surface area contributed by atoms with E-state index in [1.807, 2.05) is 34.9 Å². The Kier molecular flexibility index (Phi) is 8.97. The van der Waals surface area contributed by atoms with E-state index >= 15 is 0 Å². The van der Waals surface area contributed by atoms with Gasteiger partial charge in [-0.15, -0.1) is 0 Å². The Labute approximate surface area is 222 Å². The fraction of sp³-hybridized carbons (Fsp3) is 0.517. The maximum atomic E-state index is 13.8. The molecule has 2 aliphatic heterocycles. The molecule has 1 N–H and O–H groups in total. The summed E-state index contributed by atoms with van der Waals surface area (Å²) in [6.07, 6.45) is 0.221. The number of carbonyl (C=O) groups excluding carboxylic acids is 2. The number of para-hydroxylation sites is 2. The summed E-state index contributed by atoms with van der Waals surface area (Å²) in [5.74, 6) is 0.532. The third kappa shape index (κ3) is 6.67. The first-order chi connectivity index (χ1) is 18.2. The number of carbonyl (C=O) groups is 2. The number of benzene rings is 2. The zero-order valence-electron chi connectivity index (χ0n) is 21.9. The van der Waals surface area contributed by atoms with E-state index in [4.69, 9.17) is 4.74 Å². The van der Waals surface area contributed by atoms with Crippen molar-refractivity contribution in [1.82, 2.24) is 9.80 Å². The first-order valence-electron chi connectivity index (χ1n) is 13.4. The molecule has 2 heterocycles. The predicted molar refractivity (Wildman–Crippen MR) is 140 cm³/mol. The number of amides is 2. The second-order valence-electron chi connectivity index (χ2n) is 10.2. The van der Waals surface area contributed by atoms with Gasteiger partial charge in [-0.2, -0.15) is 13.2 Å². The van der Waals surface area contributed by atoms with Gasteiger partial charge in [0, 0.05) is 6.54 Å². The summed E-state index contributed by atoms with van der Waals surface area (Å²) in [5.41, 5.74) is -0.416. The van der Waals surface area contributed by atoms with Crippen LogP contribution in [-0.4, -0.2) is 60.9 Å². The normalized spacial score (nSPS) is 19.2. The highest BCUT2D eigenvalue weighted by molar-refractivity contribution is 5.93. The number of likely N-dealkylation sites (tertiary alicyclic amines) is 1. The minimum atomic E-state index is -4.55. The number of hydrogen-bond acceptors (Lipinski definition) is 4. The standard InChI is InChI=1S/C29H36F3N3O3/c1-2-35-19-20-38-25-13-6-3-9-22(25)10-7-8-14-28(27(35)37)15-17-34(18-16-28)21-26(36)33-24-12-5-4-11-23(24)29(30,31)32/h3-6,9,11-13H,2,7-8,10,14-21H2,1H3,(H,33,36). The Morgan fingerprint density at radius 1 is 1.00 bits per heavy atom. The number of nitrogens with one attached hydrogen (secondary N) is 1. The van der Waals surface area contributed by atoms with Gasteiger partial charge < -0.3 is 15.0 Å². The van der Waals surface area contributed by atoms with Crippen molar-refractivity contribution in [3.05, 3.63) is 59.7 Å². The number of rotatable bonds is 4. The summed E-state index contributed by atoms with van der Waals surface area (Å²) in [7, 11) is 0. The van der Waals surface area contributed by atoms with E-state index < -0.39 is 23.1 Å². The van der Waals surface area contributed by atoms with Gasteiger partial charge in [-0.3, -0.25) is 14.5 Å². The second-order valence-corrected chi connectivity index (χ2v) is 10.2. The predicted octanol–water partition coefficient (Wildman–Crippen LogP) is 5.38.